The number of nitrogens with zero attached hydrogens (tertiary/aromatic N) is 2. The summed E-state index contributed by atoms with van der Waals surface area (Å²) < 4.78 is 7.28. The topological polar surface area (TPSA) is 67.7 Å². The highest BCUT2D eigenvalue weighted by Crippen LogP contribution is 2.23. The van der Waals surface area contributed by atoms with Crippen LogP contribution in [0.3, 0.4) is 0 Å². The van der Waals surface area contributed by atoms with E-state index in [0.29, 0.717) is 24.0 Å². The van der Waals surface area contributed by atoms with Gasteiger partial charge < -0.3 is 10.1 Å². The molecule has 0 fully saturated rings. The van der Waals surface area contributed by atoms with Gasteiger partial charge in [0.25, 0.3) is 0 Å². The third-order valence-electron chi connectivity index (χ3n) is 3.10. The van der Waals surface area contributed by atoms with Crippen molar-refractivity contribution in [3.8, 4) is 5.75 Å². The predicted octanol–water partition coefficient (Wildman–Crippen LogP) is 3.38. The number of imidazole rings is 1. The molecule has 3 aromatic rings. The molecule has 2 aromatic heterocycles. The largest absolute Gasteiger partial charge is 0.492 e. The standard InChI is InChI=1S/C16H16N4O2/c1-2-22-14-9-4-3-8-13(14)18-16(21)19-15-17-11-12-7-5-6-10-20(12)15/h3-11H,2H2,1H3,(H2,17,18,19,21). The van der Waals surface area contributed by atoms with Crippen LogP contribution in [0.15, 0.2) is 54.9 Å². The predicted molar refractivity (Wildman–Crippen MR) is 85.4 cm³/mol. The third kappa shape index (κ3) is 2.85. The zero-order valence-electron chi connectivity index (χ0n) is 12.1. The highest BCUT2D eigenvalue weighted by molar-refractivity contribution is 5.99. The van der Waals surface area contributed by atoms with Gasteiger partial charge in [-0.25, -0.2) is 9.78 Å². The first-order valence-electron chi connectivity index (χ1n) is 7.00. The summed E-state index contributed by atoms with van der Waals surface area (Å²) in [5.74, 6) is 1.09. The van der Waals surface area contributed by atoms with Crippen molar-refractivity contribution >= 4 is 23.2 Å². The molecule has 112 valence electrons. The Labute approximate surface area is 127 Å². The number of nitrogens with one attached hydrogen (secondary N) is 2. The van der Waals surface area contributed by atoms with E-state index in [0.717, 1.165) is 5.52 Å². The molecule has 0 bridgehead atoms. The molecule has 2 amide bonds. The molecule has 0 unspecified atom stereocenters. The molecular weight excluding hydrogens is 280 g/mol. The maximum absolute atomic E-state index is 12.1. The van der Waals surface area contributed by atoms with Gasteiger partial charge in [-0.3, -0.25) is 9.72 Å². The number of aromatic nitrogens is 2. The van der Waals surface area contributed by atoms with Crippen molar-refractivity contribution in [3.63, 3.8) is 0 Å². The van der Waals surface area contributed by atoms with Crippen LogP contribution >= 0.6 is 0 Å². The molecule has 2 heterocycles. The minimum Gasteiger partial charge on any atom is -0.492 e. The van der Waals surface area contributed by atoms with E-state index in [-0.39, 0.29) is 6.03 Å². The van der Waals surface area contributed by atoms with Gasteiger partial charge in [-0.15, -0.1) is 0 Å². The zero-order chi connectivity index (χ0) is 15.4. The van der Waals surface area contributed by atoms with Gasteiger partial charge in [0.2, 0.25) is 5.95 Å². The fraction of sp³-hybridized carbons (Fsp3) is 0.125. The summed E-state index contributed by atoms with van der Waals surface area (Å²) in [6.07, 6.45) is 3.54. The van der Waals surface area contributed by atoms with Crippen molar-refractivity contribution < 1.29 is 9.53 Å². The number of benzene rings is 1. The van der Waals surface area contributed by atoms with Crippen LogP contribution < -0.4 is 15.4 Å². The van der Waals surface area contributed by atoms with Crippen molar-refractivity contribution in [2.45, 2.75) is 6.92 Å². The number of para-hydroxylation sites is 2. The number of hydrogen-bond donors (Lipinski definition) is 2. The summed E-state index contributed by atoms with van der Waals surface area (Å²) in [5, 5.41) is 5.50. The molecule has 6 heteroatoms. The van der Waals surface area contributed by atoms with Gasteiger partial charge in [-0.2, -0.15) is 0 Å². The lowest BCUT2D eigenvalue weighted by molar-refractivity contribution is 0.261. The summed E-state index contributed by atoms with van der Waals surface area (Å²) in [4.78, 5) is 16.3. The Morgan fingerprint density at radius 2 is 2.00 bits per heavy atom. The molecular formula is C16H16N4O2. The minimum atomic E-state index is -0.372. The molecule has 3 rings (SSSR count). The molecule has 0 aliphatic heterocycles. The van der Waals surface area contributed by atoms with E-state index in [4.69, 9.17) is 4.74 Å². The summed E-state index contributed by atoms with van der Waals surface area (Å²) >= 11 is 0. The second-order valence-corrected chi connectivity index (χ2v) is 4.59. The number of amides is 2. The van der Waals surface area contributed by atoms with Crippen LogP contribution in [0, 0.1) is 0 Å². The molecule has 0 aliphatic rings. The fourth-order valence-corrected chi connectivity index (χ4v) is 2.14. The molecule has 0 aliphatic carbocycles. The van der Waals surface area contributed by atoms with Crippen LogP contribution in [-0.2, 0) is 0 Å². The quantitative estimate of drug-likeness (QED) is 0.775. The normalized spacial score (nSPS) is 10.4. The zero-order valence-corrected chi connectivity index (χ0v) is 12.1. The molecule has 0 saturated heterocycles. The monoisotopic (exact) mass is 296 g/mol. The lowest BCUT2D eigenvalue weighted by Gasteiger charge is -2.11. The van der Waals surface area contributed by atoms with E-state index in [9.17, 15) is 4.79 Å². The number of urea groups is 1. The van der Waals surface area contributed by atoms with Gasteiger partial charge in [0, 0.05) is 6.20 Å². The van der Waals surface area contributed by atoms with Crippen molar-refractivity contribution in [1.82, 2.24) is 9.38 Å². The van der Waals surface area contributed by atoms with E-state index >= 15 is 0 Å². The van der Waals surface area contributed by atoms with E-state index in [1.54, 1.807) is 16.7 Å². The van der Waals surface area contributed by atoms with E-state index < -0.39 is 0 Å². The smallest absolute Gasteiger partial charge is 0.326 e. The number of anilines is 2. The summed E-state index contributed by atoms with van der Waals surface area (Å²) in [7, 11) is 0. The second-order valence-electron chi connectivity index (χ2n) is 4.59. The number of fused-ring (bicyclic) bond motifs is 1. The van der Waals surface area contributed by atoms with E-state index in [1.807, 2.05) is 49.5 Å². The Balaban J connectivity index is 1.75. The minimum absolute atomic E-state index is 0.372. The van der Waals surface area contributed by atoms with Gasteiger partial charge in [0.15, 0.2) is 0 Å². The Morgan fingerprint density at radius 1 is 1.18 bits per heavy atom. The highest BCUT2D eigenvalue weighted by Gasteiger charge is 2.10. The number of hydrogen-bond acceptors (Lipinski definition) is 3. The average molecular weight is 296 g/mol. The molecule has 6 nitrogen and oxygen atoms in total. The first-order valence-corrected chi connectivity index (χ1v) is 7.00. The first-order chi connectivity index (χ1) is 10.8. The summed E-state index contributed by atoms with van der Waals surface area (Å²) in [6.45, 7) is 2.43. The number of carbonyl (C=O) groups excluding carboxylic acids is 1. The van der Waals surface area contributed by atoms with E-state index in [1.165, 1.54) is 0 Å². The fourth-order valence-electron chi connectivity index (χ4n) is 2.14. The number of carbonyl (C=O) groups is 1. The van der Waals surface area contributed by atoms with Gasteiger partial charge in [-0.05, 0) is 31.2 Å². The van der Waals surface area contributed by atoms with Crippen LogP contribution in [0.25, 0.3) is 5.52 Å². The molecule has 1 aromatic carbocycles. The van der Waals surface area contributed by atoms with Crippen LogP contribution in [0.2, 0.25) is 0 Å². The Kier molecular flexibility index (Phi) is 3.91. The maximum Gasteiger partial charge on any atom is 0.326 e. The van der Waals surface area contributed by atoms with Crippen LogP contribution in [0.5, 0.6) is 5.75 Å². The maximum atomic E-state index is 12.1. The number of rotatable bonds is 4. The second kappa shape index (κ2) is 6.17. The van der Waals surface area contributed by atoms with Crippen molar-refractivity contribution in [2.24, 2.45) is 0 Å². The lowest BCUT2D eigenvalue weighted by atomic mass is 10.3. The Bertz CT molecular complexity index is 797. The third-order valence-corrected chi connectivity index (χ3v) is 3.10. The average Bonchev–Trinajstić information content (AvgIpc) is 2.93. The summed E-state index contributed by atoms with van der Waals surface area (Å²) in [6, 6.07) is 12.6. The molecule has 22 heavy (non-hydrogen) atoms. The van der Waals surface area contributed by atoms with Crippen molar-refractivity contribution in [3.05, 3.63) is 54.9 Å². The highest BCUT2D eigenvalue weighted by atomic mass is 16.5. The Morgan fingerprint density at radius 3 is 2.86 bits per heavy atom. The Hall–Kier alpha value is -3.02. The first kappa shape index (κ1) is 13.9. The SMILES string of the molecule is CCOc1ccccc1NC(=O)Nc1ncc2ccccn12. The van der Waals surface area contributed by atoms with Gasteiger partial charge in [0.05, 0.1) is 24.0 Å². The van der Waals surface area contributed by atoms with Crippen LogP contribution in [-0.4, -0.2) is 22.0 Å². The molecule has 0 saturated carbocycles. The molecule has 0 spiro atoms. The number of ether oxygens (including phenoxy) is 1. The van der Waals surface area contributed by atoms with Crippen LogP contribution in [0.4, 0.5) is 16.4 Å². The summed E-state index contributed by atoms with van der Waals surface area (Å²) in [5.41, 5.74) is 1.52. The van der Waals surface area contributed by atoms with Crippen molar-refractivity contribution in [2.75, 3.05) is 17.2 Å². The van der Waals surface area contributed by atoms with Gasteiger partial charge in [0.1, 0.15) is 5.75 Å². The number of pyridine rings is 1. The van der Waals surface area contributed by atoms with E-state index in [2.05, 4.69) is 15.6 Å². The van der Waals surface area contributed by atoms with Gasteiger partial charge in [-0.1, -0.05) is 18.2 Å². The van der Waals surface area contributed by atoms with Crippen LogP contribution in [0.1, 0.15) is 6.92 Å². The molecule has 2 N–H and O–H groups in total. The lowest BCUT2D eigenvalue weighted by Crippen LogP contribution is -2.21. The van der Waals surface area contributed by atoms with Gasteiger partial charge >= 0.3 is 6.03 Å². The molecule has 0 radical (unpaired) electrons. The molecule has 0 atom stereocenters. The van der Waals surface area contributed by atoms with Crippen molar-refractivity contribution in [1.29, 1.82) is 0 Å².